The van der Waals surface area contributed by atoms with Gasteiger partial charge in [0.2, 0.25) is 0 Å². The Balaban J connectivity index is 4.94. The lowest BCUT2D eigenvalue weighted by molar-refractivity contribution is -0.152. The fourth-order valence-electron chi connectivity index (χ4n) is 0.958. The summed E-state index contributed by atoms with van der Waals surface area (Å²) in [5.74, 6) is -1.71. The largest absolute Gasteiger partial charge is 0.480 e. The minimum absolute atomic E-state index is 0.184. The summed E-state index contributed by atoms with van der Waals surface area (Å²) in [4.78, 5) is 21.9. The van der Waals surface area contributed by atoms with E-state index in [1.54, 1.807) is 6.92 Å². The first-order chi connectivity index (χ1) is 5.55. The quantitative estimate of drug-likeness (QED) is 0.456. The van der Waals surface area contributed by atoms with Gasteiger partial charge in [-0.25, -0.2) is 0 Å². The van der Waals surface area contributed by atoms with Gasteiger partial charge >= 0.3 is 5.97 Å². The molecule has 0 heterocycles. The van der Waals surface area contributed by atoms with E-state index in [2.05, 4.69) is 6.58 Å². The minimum atomic E-state index is -1.47. The van der Waals surface area contributed by atoms with Crippen LogP contribution in [-0.2, 0) is 9.59 Å². The number of rotatable bonds is 5. The van der Waals surface area contributed by atoms with Gasteiger partial charge in [0.05, 0.1) is 0 Å². The van der Waals surface area contributed by atoms with Gasteiger partial charge in [-0.2, -0.15) is 0 Å². The Morgan fingerprint density at radius 2 is 2.17 bits per heavy atom. The van der Waals surface area contributed by atoms with Gasteiger partial charge in [0.15, 0.2) is 5.78 Å². The van der Waals surface area contributed by atoms with Crippen molar-refractivity contribution in [2.45, 2.75) is 13.3 Å². The third-order valence-electron chi connectivity index (χ3n) is 2.02. The molecule has 0 bridgehead atoms. The Morgan fingerprint density at radius 3 is 2.25 bits per heavy atom. The molecule has 4 heteroatoms. The van der Waals surface area contributed by atoms with Crippen molar-refractivity contribution < 1.29 is 14.7 Å². The van der Waals surface area contributed by atoms with E-state index in [9.17, 15) is 9.59 Å². The zero-order valence-electron chi connectivity index (χ0n) is 7.04. The van der Waals surface area contributed by atoms with E-state index in [1.165, 1.54) is 0 Å². The van der Waals surface area contributed by atoms with Crippen LogP contribution >= 0.6 is 0 Å². The van der Waals surface area contributed by atoms with Gasteiger partial charge in [-0.1, -0.05) is 13.5 Å². The van der Waals surface area contributed by atoms with Crippen LogP contribution in [0.4, 0.5) is 0 Å². The summed E-state index contributed by atoms with van der Waals surface area (Å²) in [6.45, 7) is 4.66. The molecule has 0 fully saturated rings. The summed E-state index contributed by atoms with van der Waals surface area (Å²) >= 11 is 0. The first-order valence-electron chi connectivity index (χ1n) is 3.65. The average Bonchev–Trinajstić information content (AvgIpc) is 2.06. The Labute approximate surface area is 71.1 Å². The zero-order chi connectivity index (χ0) is 9.78. The number of allylic oxidation sites excluding steroid dienone is 1. The highest BCUT2D eigenvalue weighted by Gasteiger charge is 2.41. The summed E-state index contributed by atoms with van der Waals surface area (Å²) in [5, 5.41) is 8.78. The number of hydrogen-bond acceptors (Lipinski definition) is 3. The molecule has 0 radical (unpaired) electrons. The lowest BCUT2D eigenvalue weighted by Crippen LogP contribution is -2.44. The average molecular weight is 171 g/mol. The van der Waals surface area contributed by atoms with E-state index in [4.69, 9.17) is 10.8 Å². The van der Waals surface area contributed by atoms with Gasteiger partial charge in [0.25, 0.3) is 0 Å². The predicted octanol–water partition coefficient (Wildman–Crippen LogP) is 0.181. The molecule has 0 aliphatic carbocycles. The number of hydrogen-bond donors (Lipinski definition) is 2. The van der Waals surface area contributed by atoms with Gasteiger partial charge in [0.1, 0.15) is 5.41 Å². The monoisotopic (exact) mass is 171 g/mol. The molecule has 0 aromatic heterocycles. The topological polar surface area (TPSA) is 80.4 Å². The van der Waals surface area contributed by atoms with Crippen LogP contribution in [0.5, 0.6) is 0 Å². The number of carbonyl (C=O) groups is 2. The molecule has 3 N–H and O–H groups in total. The van der Waals surface area contributed by atoms with Crippen molar-refractivity contribution in [3.05, 3.63) is 12.7 Å². The van der Waals surface area contributed by atoms with Crippen molar-refractivity contribution in [3.8, 4) is 0 Å². The molecule has 0 spiro atoms. The van der Waals surface area contributed by atoms with E-state index >= 15 is 0 Å². The van der Waals surface area contributed by atoms with Crippen LogP contribution in [0.2, 0.25) is 0 Å². The Morgan fingerprint density at radius 1 is 1.67 bits per heavy atom. The standard InChI is InChI=1S/C8H13NO3/c1-3-6(10)8(4-2,5-9)7(11)12/h3H,1,4-5,9H2,2H3,(H,11,12). The van der Waals surface area contributed by atoms with Crippen molar-refractivity contribution in [2.75, 3.05) is 6.54 Å². The first-order valence-corrected chi connectivity index (χ1v) is 3.65. The SMILES string of the molecule is C=CC(=O)C(CC)(CN)C(=O)O. The van der Waals surface area contributed by atoms with Crippen molar-refractivity contribution >= 4 is 11.8 Å². The molecule has 0 aromatic carbocycles. The third kappa shape index (κ3) is 1.53. The van der Waals surface area contributed by atoms with Crippen molar-refractivity contribution in [3.63, 3.8) is 0 Å². The maximum absolute atomic E-state index is 11.2. The molecule has 0 aliphatic rings. The number of carboxylic acids is 1. The summed E-state index contributed by atoms with van der Waals surface area (Å²) in [6.07, 6.45) is 1.19. The van der Waals surface area contributed by atoms with Crippen molar-refractivity contribution in [1.29, 1.82) is 0 Å². The molecular formula is C8H13NO3. The highest BCUT2D eigenvalue weighted by Crippen LogP contribution is 2.22. The third-order valence-corrected chi connectivity index (χ3v) is 2.02. The number of carboxylic acid groups (broad SMARTS) is 1. The van der Waals surface area contributed by atoms with Gasteiger partial charge < -0.3 is 10.8 Å². The molecule has 0 saturated carbocycles. The van der Waals surface area contributed by atoms with Crippen LogP contribution in [0.15, 0.2) is 12.7 Å². The predicted molar refractivity (Wildman–Crippen MR) is 44.6 cm³/mol. The second-order valence-electron chi connectivity index (χ2n) is 2.51. The maximum atomic E-state index is 11.2. The van der Waals surface area contributed by atoms with Crippen LogP contribution < -0.4 is 5.73 Å². The summed E-state index contributed by atoms with van der Waals surface area (Å²) in [5.41, 5.74) is 3.78. The molecule has 4 nitrogen and oxygen atoms in total. The number of ketones is 1. The van der Waals surface area contributed by atoms with Crippen molar-refractivity contribution in [1.82, 2.24) is 0 Å². The molecule has 0 aromatic rings. The maximum Gasteiger partial charge on any atom is 0.318 e. The molecule has 0 rings (SSSR count). The second kappa shape index (κ2) is 4.01. The van der Waals surface area contributed by atoms with Crippen LogP contribution in [-0.4, -0.2) is 23.4 Å². The van der Waals surface area contributed by atoms with Crippen LogP contribution in [0.1, 0.15) is 13.3 Å². The van der Waals surface area contributed by atoms with Crippen LogP contribution in [0.3, 0.4) is 0 Å². The van der Waals surface area contributed by atoms with E-state index in [1.807, 2.05) is 0 Å². The fraction of sp³-hybridized carbons (Fsp3) is 0.500. The second-order valence-corrected chi connectivity index (χ2v) is 2.51. The lowest BCUT2D eigenvalue weighted by Gasteiger charge is -2.22. The normalized spacial score (nSPS) is 14.8. The Bertz CT molecular complexity index is 206. The Kier molecular flexibility index (Phi) is 3.63. The van der Waals surface area contributed by atoms with E-state index in [-0.39, 0.29) is 13.0 Å². The minimum Gasteiger partial charge on any atom is -0.480 e. The summed E-state index contributed by atoms with van der Waals surface area (Å²) in [6, 6.07) is 0. The molecule has 12 heavy (non-hydrogen) atoms. The molecule has 1 atom stereocenters. The molecule has 1 unspecified atom stereocenters. The van der Waals surface area contributed by atoms with E-state index in [0.29, 0.717) is 0 Å². The summed E-state index contributed by atoms with van der Waals surface area (Å²) < 4.78 is 0. The Hall–Kier alpha value is -1.16. The number of aliphatic carboxylic acids is 1. The molecular weight excluding hydrogens is 158 g/mol. The number of carbonyl (C=O) groups excluding carboxylic acids is 1. The van der Waals surface area contributed by atoms with Crippen LogP contribution in [0.25, 0.3) is 0 Å². The molecule has 0 amide bonds. The van der Waals surface area contributed by atoms with Crippen LogP contribution in [0, 0.1) is 5.41 Å². The lowest BCUT2D eigenvalue weighted by atomic mass is 9.81. The number of nitrogens with two attached hydrogens (primary N) is 1. The smallest absolute Gasteiger partial charge is 0.318 e. The van der Waals surface area contributed by atoms with E-state index in [0.717, 1.165) is 6.08 Å². The molecule has 0 saturated heterocycles. The zero-order valence-corrected chi connectivity index (χ0v) is 7.04. The fourth-order valence-corrected chi connectivity index (χ4v) is 0.958. The summed E-state index contributed by atoms with van der Waals surface area (Å²) in [7, 11) is 0. The first kappa shape index (κ1) is 10.8. The molecule has 0 aliphatic heterocycles. The van der Waals surface area contributed by atoms with Gasteiger partial charge in [-0.3, -0.25) is 9.59 Å². The van der Waals surface area contributed by atoms with Gasteiger partial charge in [0, 0.05) is 6.54 Å². The highest BCUT2D eigenvalue weighted by atomic mass is 16.4. The van der Waals surface area contributed by atoms with Gasteiger partial charge in [-0.05, 0) is 12.5 Å². The van der Waals surface area contributed by atoms with Crippen molar-refractivity contribution in [2.24, 2.45) is 11.1 Å². The van der Waals surface area contributed by atoms with Gasteiger partial charge in [-0.15, -0.1) is 0 Å². The van der Waals surface area contributed by atoms with E-state index < -0.39 is 17.2 Å². The highest BCUT2D eigenvalue weighted by molar-refractivity contribution is 6.08. The molecule has 68 valence electrons.